The molecule has 5 rings (SSSR count). The molecule has 3 nitrogen and oxygen atoms in total. The molecule has 0 aromatic carbocycles. The first-order valence-corrected chi connectivity index (χ1v) is 9.14. The van der Waals surface area contributed by atoms with E-state index in [1.165, 1.54) is 32.1 Å². The van der Waals surface area contributed by atoms with E-state index < -0.39 is 0 Å². The lowest BCUT2D eigenvalue weighted by Gasteiger charge is -2.54. The van der Waals surface area contributed by atoms with E-state index >= 15 is 0 Å². The molecular weight excluding hydrogens is 260 g/mol. The first kappa shape index (κ1) is 14.0. The monoisotopic (exact) mass is 290 g/mol. The summed E-state index contributed by atoms with van der Waals surface area (Å²) in [5, 5.41) is 0. The standard InChI is InChI=1S/C18H30N2O/c1-20(16-4-2-15(19)3-5-16)18(21)17-13-7-11-6-12(9-13)10-14(17)8-11/h11-17H,2-10,19H2,1H3. The molecule has 118 valence electrons. The van der Waals surface area contributed by atoms with Gasteiger partial charge in [-0.25, -0.2) is 0 Å². The number of hydrogen-bond acceptors (Lipinski definition) is 2. The summed E-state index contributed by atoms with van der Waals surface area (Å²) in [5.41, 5.74) is 6.01. The van der Waals surface area contributed by atoms with Crippen molar-refractivity contribution >= 4 is 5.91 Å². The quantitative estimate of drug-likeness (QED) is 0.850. The topological polar surface area (TPSA) is 46.3 Å². The third-order valence-corrected chi connectivity index (χ3v) is 7.15. The minimum Gasteiger partial charge on any atom is -0.343 e. The van der Waals surface area contributed by atoms with E-state index in [0.717, 1.165) is 37.5 Å². The smallest absolute Gasteiger partial charge is 0.226 e. The second kappa shape index (κ2) is 5.26. The van der Waals surface area contributed by atoms with Gasteiger partial charge in [0.05, 0.1) is 0 Å². The number of nitrogens with two attached hydrogens (primary N) is 1. The van der Waals surface area contributed by atoms with Crippen molar-refractivity contribution < 1.29 is 4.79 Å². The Morgan fingerprint density at radius 3 is 1.95 bits per heavy atom. The molecule has 1 amide bonds. The predicted octanol–water partition coefficient (Wildman–Crippen LogP) is 2.79. The predicted molar refractivity (Wildman–Crippen MR) is 83.5 cm³/mol. The molecule has 0 aromatic heterocycles. The highest BCUT2D eigenvalue weighted by Crippen LogP contribution is 2.56. The molecule has 5 aliphatic rings. The Balaban J connectivity index is 1.45. The van der Waals surface area contributed by atoms with Crippen LogP contribution >= 0.6 is 0 Å². The average molecular weight is 290 g/mol. The Labute approximate surface area is 128 Å². The molecule has 5 aliphatic carbocycles. The van der Waals surface area contributed by atoms with Gasteiger partial charge in [-0.2, -0.15) is 0 Å². The minimum absolute atomic E-state index is 0.360. The maximum atomic E-state index is 13.1. The zero-order valence-electron chi connectivity index (χ0n) is 13.3. The van der Waals surface area contributed by atoms with E-state index in [2.05, 4.69) is 11.9 Å². The minimum atomic E-state index is 0.360. The van der Waals surface area contributed by atoms with Gasteiger partial charge < -0.3 is 10.6 Å². The fraction of sp³-hybridized carbons (Fsp3) is 0.944. The molecule has 0 atom stereocenters. The number of nitrogens with zero attached hydrogens (tertiary/aromatic N) is 1. The van der Waals surface area contributed by atoms with Gasteiger partial charge >= 0.3 is 0 Å². The van der Waals surface area contributed by atoms with Crippen LogP contribution in [0.3, 0.4) is 0 Å². The molecule has 2 N–H and O–H groups in total. The van der Waals surface area contributed by atoms with E-state index in [-0.39, 0.29) is 0 Å². The van der Waals surface area contributed by atoms with Gasteiger partial charge in [-0.05, 0) is 81.5 Å². The lowest BCUT2D eigenvalue weighted by molar-refractivity contribution is -0.150. The highest BCUT2D eigenvalue weighted by molar-refractivity contribution is 5.80. The molecular formula is C18H30N2O. The van der Waals surface area contributed by atoms with Gasteiger partial charge in [-0.1, -0.05) is 0 Å². The number of rotatable bonds is 2. The van der Waals surface area contributed by atoms with Crippen LogP contribution < -0.4 is 5.73 Å². The summed E-state index contributed by atoms with van der Waals surface area (Å²) < 4.78 is 0. The molecule has 4 bridgehead atoms. The maximum absolute atomic E-state index is 13.1. The van der Waals surface area contributed by atoms with Gasteiger partial charge in [-0.3, -0.25) is 4.79 Å². The summed E-state index contributed by atoms with van der Waals surface area (Å²) in [7, 11) is 2.06. The van der Waals surface area contributed by atoms with Gasteiger partial charge in [-0.15, -0.1) is 0 Å². The third-order valence-electron chi connectivity index (χ3n) is 7.15. The van der Waals surface area contributed by atoms with Crippen LogP contribution in [0.4, 0.5) is 0 Å². The van der Waals surface area contributed by atoms with E-state index in [1.54, 1.807) is 0 Å². The number of amides is 1. The van der Waals surface area contributed by atoms with Gasteiger partial charge in [0.25, 0.3) is 0 Å². The van der Waals surface area contributed by atoms with Crippen LogP contribution in [0.2, 0.25) is 0 Å². The largest absolute Gasteiger partial charge is 0.343 e. The van der Waals surface area contributed by atoms with Crippen LogP contribution in [0, 0.1) is 29.6 Å². The normalized spacial score (nSPS) is 48.4. The second-order valence-electron chi connectivity index (χ2n) is 8.47. The summed E-state index contributed by atoms with van der Waals surface area (Å²) in [4.78, 5) is 15.2. The summed E-state index contributed by atoms with van der Waals surface area (Å²) in [6.45, 7) is 0. The van der Waals surface area contributed by atoms with Crippen LogP contribution in [0.25, 0.3) is 0 Å². The average Bonchev–Trinajstić information content (AvgIpc) is 2.46. The number of hydrogen-bond donors (Lipinski definition) is 1. The van der Waals surface area contributed by atoms with Gasteiger partial charge in [0.15, 0.2) is 0 Å². The fourth-order valence-corrected chi connectivity index (χ4v) is 6.23. The molecule has 3 heteroatoms. The Bertz CT molecular complexity index is 385. The van der Waals surface area contributed by atoms with E-state index in [4.69, 9.17) is 5.73 Å². The van der Waals surface area contributed by atoms with E-state index in [0.29, 0.717) is 35.7 Å². The molecule has 0 unspecified atom stereocenters. The van der Waals surface area contributed by atoms with Crippen LogP contribution in [-0.2, 0) is 4.79 Å². The molecule has 0 spiro atoms. The molecule has 0 saturated heterocycles. The second-order valence-corrected chi connectivity index (χ2v) is 8.47. The molecule has 0 aliphatic heterocycles. The van der Waals surface area contributed by atoms with E-state index in [9.17, 15) is 4.79 Å². The van der Waals surface area contributed by atoms with Crippen molar-refractivity contribution in [3.05, 3.63) is 0 Å². The molecule has 5 saturated carbocycles. The third kappa shape index (κ3) is 2.42. The SMILES string of the molecule is CN(C(=O)C1C2CC3CC(C2)CC1C3)C1CCC(N)CC1. The number of carbonyl (C=O) groups is 1. The molecule has 0 aromatic rings. The van der Waals surface area contributed by atoms with Gasteiger partial charge in [0.1, 0.15) is 0 Å². The Morgan fingerprint density at radius 2 is 1.43 bits per heavy atom. The summed E-state index contributed by atoms with van der Waals surface area (Å²) in [6, 6.07) is 0.820. The molecule has 0 heterocycles. The zero-order chi connectivity index (χ0) is 14.6. The Hall–Kier alpha value is -0.570. The fourth-order valence-electron chi connectivity index (χ4n) is 6.23. The molecule has 5 fully saturated rings. The van der Waals surface area contributed by atoms with Crippen LogP contribution in [-0.4, -0.2) is 29.9 Å². The zero-order valence-corrected chi connectivity index (χ0v) is 13.3. The van der Waals surface area contributed by atoms with Crippen LogP contribution in [0.1, 0.15) is 57.8 Å². The maximum Gasteiger partial charge on any atom is 0.226 e. The first-order chi connectivity index (χ1) is 10.1. The highest BCUT2D eigenvalue weighted by atomic mass is 16.2. The summed E-state index contributed by atoms with van der Waals surface area (Å²) in [6.07, 6.45) is 11.2. The lowest BCUT2D eigenvalue weighted by Crippen LogP contribution is -2.53. The summed E-state index contributed by atoms with van der Waals surface area (Å²) in [5.74, 6) is 4.16. The Morgan fingerprint density at radius 1 is 0.905 bits per heavy atom. The molecule has 0 radical (unpaired) electrons. The highest BCUT2D eigenvalue weighted by Gasteiger charge is 2.51. The van der Waals surface area contributed by atoms with Crippen LogP contribution in [0.5, 0.6) is 0 Å². The van der Waals surface area contributed by atoms with Crippen molar-refractivity contribution in [2.24, 2.45) is 35.3 Å². The van der Waals surface area contributed by atoms with Gasteiger partial charge in [0, 0.05) is 25.0 Å². The lowest BCUT2D eigenvalue weighted by atomic mass is 9.51. The molecule has 21 heavy (non-hydrogen) atoms. The van der Waals surface area contributed by atoms with Gasteiger partial charge in [0.2, 0.25) is 5.91 Å². The summed E-state index contributed by atoms with van der Waals surface area (Å²) >= 11 is 0. The van der Waals surface area contributed by atoms with Crippen molar-refractivity contribution in [2.75, 3.05) is 7.05 Å². The van der Waals surface area contributed by atoms with Crippen molar-refractivity contribution in [1.29, 1.82) is 0 Å². The first-order valence-electron chi connectivity index (χ1n) is 9.14. The van der Waals surface area contributed by atoms with Crippen molar-refractivity contribution in [3.8, 4) is 0 Å². The van der Waals surface area contributed by atoms with Crippen LogP contribution in [0.15, 0.2) is 0 Å². The van der Waals surface area contributed by atoms with Crippen molar-refractivity contribution in [2.45, 2.75) is 69.9 Å². The van der Waals surface area contributed by atoms with Crippen molar-refractivity contribution in [3.63, 3.8) is 0 Å². The Kier molecular flexibility index (Phi) is 3.52. The number of carbonyl (C=O) groups excluding carboxylic acids is 1. The van der Waals surface area contributed by atoms with E-state index in [1.807, 2.05) is 0 Å². The van der Waals surface area contributed by atoms with Crippen molar-refractivity contribution in [1.82, 2.24) is 4.90 Å².